The third-order valence-electron chi connectivity index (χ3n) is 6.47. The third-order valence-corrected chi connectivity index (χ3v) is 7.61. The highest BCUT2D eigenvalue weighted by molar-refractivity contribution is 7.92. The van der Waals surface area contributed by atoms with Crippen LogP contribution in [0.4, 0.5) is 5.69 Å². The molecule has 0 aliphatic heterocycles. The van der Waals surface area contributed by atoms with Crippen LogP contribution in [0.1, 0.15) is 42.0 Å². The Hall–Kier alpha value is -3.65. The van der Waals surface area contributed by atoms with Crippen molar-refractivity contribution >= 4 is 27.5 Å². The molecule has 208 valence electrons. The van der Waals surface area contributed by atoms with Gasteiger partial charge in [0.1, 0.15) is 12.6 Å². The molecule has 0 aliphatic carbocycles. The Kier molecular flexibility index (Phi) is 10.7. The number of benzene rings is 3. The average molecular weight is 550 g/mol. The molecule has 0 aliphatic rings. The van der Waals surface area contributed by atoms with Gasteiger partial charge in [0.15, 0.2) is 0 Å². The van der Waals surface area contributed by atoms with Crippen molar-refractivity contribution in [1.82, 2.24) is 10.2 Å². The van der Waals surface area contributed by atoms with E-state index >= 15 is 0 Å². The SMILES string of the molecule is CCCCNC(=O)[C@@H](Cc1ccccc1)N(Cc1ccccc1)C(=O)CN(c1cc(C)cc(C)c1)S(C)(=O)=O. The molecule has 3 aromatic carbocycles. The minimum Gasteiger partial charge on any atom is -0.354 e. The second-order valence-electron chi connectivity index (χ2n) is 9.97. The van der Waals surface area contributed by atoms with Gasteiger partial charge in [0.05, 0.1) is 11.9 Å². The largest absolute Gasteiger partial charge is 0.354 e. The number of carbonyl (C=O) groups is 2. The first-order valence-corrected chi connectivity index (χ1v) is 15.1. The molecule has 3 rings (SSSR count). The van der Waals surface area contributed by atoms with Crippen molar-refractivity contribution in [2.24, 2.45) is 0 Å². The van der Waals surface area contributed by atoms with Gasteiger partial charge in [0, 0.05) is 19.5 Å². The van der Waals surface area contributed by atoms with Crippen LogP contribution in [-0.4, -0.2) is 50.5 Å². The molecule has 0 aromatic heterocycles. The molecule has 2 amide bonds. The van der Waals surface area contributed by atoms with Crippen LogP contribution in [0.15, 0.2) is 78.9 Å². The summed E-state index contributed by atoms with van der Waals surface area (Å²) in [5.74, 6) is -0.705. The van der Waals surface area contributed by atoms with Crippen molar-refractivity contribution in [2.45, 2.75) is 52.6 Å². The lowest BCUT2D eigenvalue weighted by Gasteiger charge is -2.33. The molecule has 7 nitrogen and oxygen atoms in total. The summed E-state index contributed by atoms with van der Waals surface area (Å²) in [5, 5.41) is 2.99. The second-order valence-corrected chi connectivity index (χ2v) is 11.9. The maximum atomic E-state index is 14.1. The molecule has 0 unspecified atom stereocenters. The summed E-state index contributed by atoms with van der Waals surface area (Å²) in [6, 6.07) is 23.6. The maximum absolute atomic E-state index is 14.1. The number of rotatable bonds is 13. The zero-order chi connectivity index (χ0) is 28.4. The van der Waals surface area contributed by atoms with Crippen LogP contribution < -0.4 is 9.62 Å². The Morgan fingerprint density at radius 2 is 1.44 bits per heavy atom. The van der Waals surface area contributed by atoms with E-state index in [4.69, 9.17) is 0 Å². The number of anilines is 1. The fourth-order valence-electron chi connectivity index (χ4n) is 4.55. The lowest BCUT2D eigenvalue weighted by atomic mass is 10.0. The molecule has 1 N–H and O–H groups in total. The van der Waals surface area contributed by atoms with E-state index in [-0.39, 0.29) is 12.5 Å². The van der Waals surface area contributed by atoms with Crippen molar-refractivity contribution in [3.63, 3.8) is 0 Å². The Bertz CT molecular complexity index is 1320. The number of hydrogen-bond donors (Lipinski definition) is 1. The highest BCUT2D eigenvalue weighted by atomic mass is 32.2. The summed E-state index contributed by atoms with van der Waals surface area (Å²) in [7, 11) is -3.79. The summed E-state index contributed by atoms with van der Waals surface area (Å²) in [5.41, 5.74) is 3.97. The molecular formula is C31H39N3O4S. The van der Waals surface area contributed by atoms with Crippen LogP contribution in [0.25, 0.3) is 0 Å². The zero-order valence-electron chi connectivity index (χ0n) is 23.3. The smallest absolute Gasteiger partial charge is 0.244 e. The van der Waals surface area contributed by atoms with Crippen LogP contribution in [0.2, 0.25) is 0 Å². The predicted molar refractivity (Wildman–Crippen MR) is 157 cm³/mol. The number of amides is 2. The lowest BCUT2D eigenvalue weighted by molar-refractivity contribution is -0.140. The van der Waals surface area contributed by atoms with Gasteiger partial charge in [-0.2, -0.15) is 0 Å². The molecule has 8 heteroatoms. The van der Waals surface area contributed by atoms with Gasteiger partial charge in [-0.3, -0.25) is 13.9 Å². The van der Waals surface area contributed by atoms with Crippen LogP contribution in [-0.2, 0) is 32.6 Å². The fraction of sp³-hybridized carbons (Fsp3) is 0.355. The van der Waals surface area contributed by atoms with Crippen molar-refractivity contribution in [3.8, 4) is 0 Å². The van der Waals surface area contributed by atoms with Gasteiger partial charge in [-0.25, -0.2) is 8.42 Å². The quantitative estimate of drug-likeness (QED) is 0.315. The molecule has 0 saturated heterocycles. The first kappa shape index (κ1) is 29.9. The number of nitrogens with zero attached hydrogens (tertiary/aromatic N) is 2. The molecule has 3 aromatic rings. The number of sulfonamides is 1. The van der Waals surface area contributed by atoms with Crippen molar-refractivity contribution in [3.05, 3.63) is 101 Å². The Morgan fingerprint density at radius 3 is 1.97 bits per heavy atom. The van der Waals surface area contributed by atoms with Gasteiger partial charge in [-0.05, 0) is 54.7 Å². The van der Waals surface area contributed by atoms with E-state index < -0.39 is 28.5 Å². The molecule has 0 heterocycles. The van der Waals surface area contributed by atoms with E-state index in [0.717, 1.165) is 45.7 Å². The fourth-order valence-corrected chi connectivity index (χ4v) is 5.38. The van der Waals surface area contributed by atoms with E-state index in [2.05, 4.69) is 5.32 Å². The van der Waals surface area contributed by atoms with E-state index in [9.17, 15) is 18.0 Å². The van der Waals surface area contributed by atoms with Crippen LogP contribution >= 0.6 is 0 Å². The molecule has 0 spiro atoms. The standard InChI is InChI=1S/C31H39N3O4S/c1-5-6-17-32-31(36)29(21-26-13-9-7-10-14-26)33(22-27-15-11-8-12-16-27)30(35)23-34(39(4,37)38)28-19-24(2)18-25(3)20-28/h7-16,18-20,29H,5-6,17,21-23H2,1-4H3,(H,32,36)/t29-/m1/s1. The van der Waals surface area contributed by atoms with Gasteiger partial charge in [-0.15, -0.1) is 0 Å². The van der Waals surface area contributed by atoms with E-state index in [1.54, 1.807) is 12.1 Å². The molecule has 1 atom stereocenters. The first-order valence-electron chi connectivity index (χ1n) is 13.3. The predicted octanol–water partition coefficient (Wildman–Crippen LogP) is 4.63. The van der Waals surface area contributed by atoms with Gasteiger partial charge >= 0.3 is 0 Å². The minimum atomic E-state index is -3.79. The number of aryl methyl sites for hydroxylation is 2. The summed E-state index contributed by atoms with van der Waals surface area (Å²) in [4.78, 5) is 29.1. The highest BCUT2D eigenvalue weighted by Gasteiger charge is 2.33. The molecule has 0 radical (unpaired) electrons. The summed E-state index contributed by atoms with van der Waals surface area (Å²) in [6.45, 7) is 6.08. The number of hydrogen-bond acceptors (Lipinski definition) is 4. The number of carbonyl (C=O) groups excluding carboxylic acids is 2. The van der Waals surface area contributed by atoms with Gasteiger partial charge in [0.2, 0.25) is 21.8 Å². The summed E-state index contributed by atoms with van der Waals surface area (Å²) >= 11 is 0. The minimum absolute atomic E-state index is 0.169. The monoisotopic (exact) mass is 549 g/mol. The van der Waals surface area contributed by atoms with E-state index in [0.29, 0.717) is 18.7 Å². The summed E-state index contributed by atoms with van der Waals surface area (Å²) < 4.78 is 27.0. The summed E-state index contributed by atoms with van der Waals surface area (Å²) in [6.07, 6.45) is 3.15. The number of unbranched alkanes of at least 4 members (excludes halogenated alkanes) is 1. The Morgan fingerprint density at radius 1 is 0.872 bits per heavy atom. The van der Waals surface area contributed by atoms with Crippen molar-refractivity contribution in [2.75, 3.05) is 23.7 Å². The lowest BCUT2D eigenvalue weighted by Crippen LogP contribution is -2.53. The van der Waals surface area contributed by atoms with Crippen molar-refractivity contribution in [1.29, 1.82) is 0 Å². The third kappa shape index (κ3) is 8.96. The Labute approximate surface area is 232 Å². The van der Waals surface area contributed by atoms with E-state index in [1.165, 1.54) is 4.90 Å². The van der Waals surface area contributed by atoms with Gasteiger partial charge < -0.3 is 10.2 Å². The highest BCUT2D eigenvalue weighted by Crippen LogP contribution is 2.23. The molecule has 0 saturated carbocycles. The van der Waals surface area contributed by atoms with E-state index in [1.807, 2.05) is 87.5 Å². The van der Waals surface area contributed by atoms with Gasteiger partial charge in [-0.1, -0.05) is 80.1 Å². The second kappa shape index (κ2) is 13.9. The zero-order valence-corrected chi connectivity index (χ0v) is 24.1. The molecule has 0 bridgehead atoms. The molecular weight excluding hydrogens is 510 g/mol. The van der Waals surface area contributed by atoms with Crippen LogP contribution in [0.5, 0.6) is 0 Å². The molecule has 39 heavy (non-hydrogen) atoms. The van der Waals surface area contributed by atoms with Crippen molar-refractivity contribution < 1.29 is 18.0 Å². The maximum Gasteiger partial charge on any atom is 0.244 e. The average Bonchev–Trinajstić information content (AvgIpc) is 2.89. The number of nitrogens with one attached hydrogen (secondary N) is 1. The Balaban J connectivity index is 2.03. The molecule has 0 fully saturated rings. The first-order chi connectivity index (χ1) is 18.6. The van der Waals surface area contributed by atoms with Crippen LogP contribution in [0, 0.1) is 13.8 Å². The van der Waals surface area contributed by atoms with Gasteiger partial charge in [0.25, 0.3) is 0 Å². The topological polar surface area (TPSA) is 86.8 Å². The van der Waals surface area contributed by atoms with Crippen LogP contribution in [0.3, 0.4) is 0 Å². The normalized spacial score (nSPS) is 12.0.